The number of hydrogen-bond acceptors (Lipinski definition) is 4. The van der Waals surface area contributed by atoms with Crippen LogP contribution < -0.4 is 10.5 Å². The number of nitrogens with two attached hydrogens (primary N) is 1. The molecule has 1 fully saturated rings. The number of aromatic nitrogens is 1. The normalized spacial score (nSPS) is 18.6. The number of halogens is 1. The largest absolute Gasteiger partial charge is 0.494 e. The number of nitrogens with zero attached hydrogens (tertiary/aromatic N) is 2. The van der Waals surface area contributed by atoms with Gasteiger partial charge in [0.2, 0.25) is 0 Å². The standard InChI is InChI=1S/C28H29FN4O3/c1-15-13-33(14-16(2)32(15)3)28(35)18-5-7-20-21-9-19(17-6-8-25(36-4)23(29)11-17)10-22(27(30)34)26(21)31-24(20)12-18/h5-12,15-16,31H,13-14H2,1-4H3,(H2,30,34). The lowest BCUT2D eigenvalue weighted by Crippen LogP contribution is -2.56. The lowest BCUT2D eigenvalue weighted by Gasteiger charge is -2.42. The van der Waals surface area contributed by atoms with E-state index in [0.717, 1.165) is 16.3 Å². The Labute approximate surface area is 208 Å². The number of hydrogen-bond donors (Lipinski definition) is 2. The van der Waals surface area contributed by atoms with Gasteiger partial charge in [-0.15, -0.1) is 0 Å². The fraction of sp³-hybridized carbons (Fsp3) is 0.286. The number of carbonyl (C=O) groups excluding carboxylic acids is 2. The summed E-state index contributed by atoms with van der Waals surface area (Å²) in [5.41, 5.74) is 9.15. The van der Waals surface area contributed by atoms with Gasteiger partial charge in [0.05, 0.1) is 18.2 Å². The molecule has 0 spiro atoms. The zero-order valence-corrected chi connectivity index (χ0v) is 20.8. The van der Waals surface area contributed by atoms with Crippen LogP contribution in [-0.2, 0) is 0 Å². The Hall–Kier alpha value is -3.91. The molecule has 1 aliphatic rings. The van der Waals surface area contributed by atoms with Crippen LogP contribution in [-0.4, -0.2) is 65.9 Å². The quantitative estimate of drug-likeness (QED) is 0.446. The van der Waals surface area contributed by atoms with Gasteiger partial charge in [0, 0.05) is 47.0 Å². The number of benzene rings is 3. The Kier molecular flexibility index (Phi) is 5.92. The van der Waals surface area contributed by atoms with Crippen molar-refractivity contribution in [3.05, 3.63) is 65.5 Å². The molecule has 0 aliphatic carbocycles. The molecule has 5 rings (SSSR count). The average molecular weight is 489 g/mol. The van der Waals surface area contributed by atoms with E-state index in [4.69, 9.17) is 10.5 Å². The van der Waals surface area contributed by atoms with E-state index in [1.165, 1.54) is 13.2 Å². The van der Waals surface area contributed by atoms with Crippen LogP contribution in [0.15, 0.2) is 48.5 Å². The Bertz CT molecular complexity index is 1500. The molecule has 2 atom stereocenters. The molecule has 186 valence electrons. The second kappa shape index (κ2) is 8.95. The third kappa shape index (κ3) is 3.97. The first-order chi connectivity index (χ1) is 17.2. The molecule has 2 heterocycles. The van der Waals surface area contributed by atoms with Crippen LogP contribution in [0.1, 0.15) is 34.6 Å². The van der Waals surface area contributed by atoms with E-state index in [2.05, 4.69) is 30.8 Å². The maximum atomic E-state index is 14.4. The molecule has 7 nitrogen and oxygen atoms in total. The van der Waals surface area contributed by atoms with Gasteiger partial charge in [-0.2, -0.15) is 0 Å². The minimum Gasteiger partial charge on any atom is -0.494 e. The monoisotopic (exact) mass is 488 g/mol. The second-order valence-corrected chi connectivity index (χ2v) is 9.62. The van der Waals surface area contributed by atoms with Crippen LogP contribution in [0.3, 0.4) is 0 Å². The summed E-state index contributed by atoms with van der Waals surface area (Å²) in [5.74, 6) is -0.972. The fourth-order valence-corrected chi connectivity index (χ4v) is 5.10. The van der Waals surface area contributed by atoms with Crippen molar-refractivity contribution in [3.63, 3.8) is 0 Å². The van der Waals surface area contributed by atoms with E-state index in [-0.39, 0.29) is 23.7 Å². The third-order valence-electron chi connectivity index (χ3n) is 7.35. The number of ether oxygens (including phenoxy) is 1. The fourth-order valence-electron chi connectivity index (χ4n) is 5.10. The Morgan fingerprint density at radius 3 is 2.36 bits per heavy atom. The summed E-state index contributed by atoms with van der Waals surface area (Å²) in [4.78, 5) is 33.1. The molecule has 2 unspecified atom stereocenters. The zero-order chi connectivity index (χ0) is 25.7. The maximum absolute atomic E-state index is 14.4. The number of carbonyl (C=O) groups is 2. The minimum atomic E-state index is -0.598. The van der Waals surface area contributed by atoms with Crippen molar-refractivity contribution >= 4 is 33.6 Å². The highest BCUT2D eigenvalue weighted by Crippen LogP contribution is 2.34. The molecule has 2 amide bonds. The van der Waals surface area contributed by atoms with Crippen LogP contribution in [0.5, 0.6) is 5.75 Å². The van der Waals surface area contributed by atoms with Gasteiger partial charge < -0.3 is 20.4 Å². The number of nitrogens with one attached hydrogen (secondary N) is 1. The summed E-state index contributed by atoms with van der Waals surface area (Å²) in [7, 11) is 3.49. The average Bonchev–Trinajstić information content (AvgIpc) is 3.23. The van der Waals surface area contributed by atoms with Gasteiger partial charge in [0.25, 0.3) is 11.8 Å². The zero-order valence-electron chi connectivity index (χ0n) is 20.8. The number of piperazine rings is 1. The molecule has 4 aromatic rings. The van der Waals surface area contributed by atoms with Crippen LogP contribution in [0.25, 0.3) is 32.9 Å². The minimum absolute atomic E-state index is 0.0214. The van der Waals surface area contributed by atoms with Crippen molar-refractivity contribution in [1.29, 1.82) is 0 Å². The van der Waals surface area contributed by atoms with Gasteiger partial charge >= 0.3 is 0 Å². The van der Waals surface area contributed by atoms with Crippen molar-refractivity contribution in [2.24, 2.45) is 5.73 Å². The van der Waals surface area contributed by atoms with E-state index in [1.807, 2.05) is 29.2 Å². The van der Waals surface area contributed by atoms with E-state index >= 15 is 0 Å². The van der Waals surface area contributed by atoms with E-state index in [1.54, 1.807) is 18.2 Å². The highest BCUT2D eigenvalue weighted by Gasteiger charge is 2.30. The SMILES string of the molecule is COc1ccc(-c2cc(C(N)=O)c3[nH]c4cc(C(=O)N5CC(C)N(C)C(C)C5)ccc4c3c2)cc1F. The van der Waals surface area contributed by atoms with E-state index < -0.39 is 11.7 Å². The smallest absolute Gasteiger partial charge is 0.254 e. The van der Waals surface area contributed by atoms with E-state index in [0.29, 0.717) is 40.9 Å². The molecule has 0 bridgehead atoms. The van der Waals surface area contributed by atoms with Gasteiger partial charge in [0.15, 0.2) is 11.6 Å². The van der Waals surface area contributed by atoms with Crippen LogP contribution in [0.4, 0.5) is 4.39 Å². The lowest BCUT2D eigenvalue weighted by molar-refractivity contribution is 0.0414. The summed E-state index contributed by atoms with van der Waals surface area (Å²) < 4.78 is 19.4. The number of primary amides is 1. The van der Waals surface area contributed by atoms with Crippen molar-refractivity contribution in [2.75, 3.05) is 27.2 Å². The molecular weight excluding hydrogens is 459 g/mol. The highest BCUT2D eigenvalue weighted by molar-refractivity contribution is 6.17. The molecule has 0 saturated carbocycles. The van der Waals surface area contributed by atoms with Gasteiger partial charge in [-0.1, -0.05) is 12.1 Å². The van der Waals surface area contributed by atoms with Gasteiger partial charge in [-0.05, 0) is 68.4 Å². The van der Waals surface area contributed by atoms with Crippen molar-refractivity contribution in [3.8, 4) is 16.9 Å². The molecule has 1 aromatic heterocycles. The summed E-state index contributed by atoms with van der Waals surface area (Å²) >= 11 is 0. The summed E-state index contributed by atoms with van der Waals surface area (Å²) in [6.07, 6.45) is 0. The van der Waals surface area contributed by atoms with E-state index in [9.17, 15) is 14.0 Å². The van der Waals surface area contributed by atoms with Gasteiger partial charge in [0.1, 0.15) is 0 Å². The number of fused-ring (bicyclic) bond motifs is 3. The number of methoxy groups -OCH3 is 1. The molecule has 36 heavy (non-hydrogen) atoms. The third-order valence-corrected chi connectivity index (χ3v) is 7.35. The first-order valence-corrected chi connectivity index (χ1v) is 11.9. The summed E-state index contributed by atoms with van der Waals surface area (Å²) in [6.45, 7) is 5.57. The highest BCUT2D eigenvalue weighted by atomic mass is 19.1. The number of aromatic amines is 1. The first-order valence-electron chi connectivity index (χ1n) is 11.9. The first kappa shape index (κ1) is 23.8. The van der Waals surface area contributed by atoms with Crippen molar-refractivity contribution < 1.29 is 18.7 Å². The van der Waals surface area contributed by atoms with Crippen LogP contribution >= 0.6 is 0 Å². The number of rotatable bonds is 4. The van der Waals surface area contributed by atoms with Crippen molar-refractivity contribution in [2.45, 2.75) is 25.9 Å². The predicted molar refractivity (Wildman–Crippen MR) is 139 cm³/mol. The van der Waals surface area contributed by atoms with Gasteiger partial charge in [-0.25, -0.2) is 4.39 Å². The summed E-state index contributed by atoms with van der Waals surface area (Å²) in [6, 6.07) is 14.3. The Balaban J connectivity index is 1.59. The summed E-state index contributed by atoms with van der Waals surface area (Å²) in [5, 5.41) is 1.62. The molecule has 3 aromatic carbocycles. The number of H-pyrrole nitrogens is 1. The lowest BCUT2D eigenvalue weighted by atomic mass is 9.98. The molecule has 1 saturated heterocycles. The van der Waals surface area contributed by atoms with Crippen molar-refractivity contribution in [1.82, 2.24) is 14.8 Å². The number of amides is 2. The Morgan fingerprint density at radius 1 is 1.00 bits per heavy atom. The molecule has 0 radical (unpaired) electrons. The topological polar surface area (TPSA) is 91.7 Å². The number of likely N-dealkylation sites (N-methyl/N-ethyl adjacent to an activating group) is 1. The Morgan fingerprint density at radius 2 is 1.72 bits per heavy atom. The predicted octanol–water partition coefficient (Wildman–Crippen LogP) is 4.40. The second-order valence-electron chi connectivity index (χ2n) is 9.62. The molecule has 1 aliphatic heterocycles. The maximum Gasteiger partial charge on any atom is 0.254 e. The molecule has 3 N–H and O–H groups in total. The van der Waals surface area contributed by atoms with Crippen LogP contribution in [0.2, 0.25) is 0 Å². The van der Waals surface area contributed by atoms with Crippen LogP contribution in [0, 0.1) is 5.82 Å². The molecular formula is C28H29FN4O3. The molecule has 8 heteroatoms. The van der Waals surface area contributed by atoms with Gasteiger partial charge in [-0.3, -0.25) is 14.5 Å².